The topological polar surface area (TPSA) is 89.2 Å². The molecule has 0 spiro atoms. The summed E-state index contributed by atoms with van der Waals surface area (Å²) in [5, 5.41) is 0.785. The molecule has 0 aliphatic heterocycles. The Morgan fingerprint density at radius 1 is 1.19 bits per heavy atom. The number of para-hydroxylation sites is 2. The molecule has 0 saturated heterocycles. The first kappa shape index (κ1) is 18.1. The zero-order valence-corrected chi connectivity index (χ0v) is 15.4. The van der Waals surface area contributed by atoms with Crippen LogP contribution in [0.2, 0.25) is 0 Å². The number of aromatic nitrogens is 2. The highest BCUT2D eigenvalue weighted by molar-refractivity contribution is 7.99. The van der Waals surface area contributed by atoms with Gasteiger partial charge in [0.1, 0.15) is 0 Å². The maximum absolute atomic E-state index is 12.0. The zero-order chi connectivity index (χ0) is 18.5. The smallest absolute Gasteiger partial charge is 0.305 e. The summed E-state index contributed by atoms with van der Waals surface area (Å²) in [5.74, 6) is -0.0941. The Morgan fingerprint density at radius 3 is 2.73 bits per heavy atom. The summed E-state index contributed by atoms with van der Waals surface area (Å²) >= 11 is 1.34. The first-order chi connectivity index (χ1) is 12.5. The molecular weight excluding hydrogens is 352 g/mol. The molecule has 2 N–H and O–H groups in total. The first-order valence-electron chi connectivity index (χ1n) is 8.25. The van der Waals surface area contributed by atoms with Crippen LogP contribution < -0.4 is 10.9 Å². The van der Waals surface area contributed by atoms with Crippen LogP contribution in [0, 0.1) is 5.92 Å². The monoisotopic (exact) mass is 372 g/mol. The number of furan rings is 1. The summed E-state index contributed by atoms with van der Waals surface area (Å²) < 4.78 is 7.09. The number of nitrogens with zero attached hydrogens (tertiary/aromatic N) is 2. The second-order valence-electron chi connectivity index (χ2n) is 6.16. The van der Waals surface area contributed by atoms with E-state index in [9.17, 15) is 9.59 Å². The van der Waals surface area contributed by atoms with Crippen molar-refractivity contribution in [3.8, 4) is 0 Å². The van der Waals surface area contributed by atoms with Crippen molar-refractivity contribution in [3.05, 3.63) is 48.4 Å². The van der Waals surface area contributed by atoms with Crippen LogP contribution in [-0.2, 0) is 11.3 Å². The van der Waals surface area contributed by atoms with Gasteiger partial charge in [-0.1, -0.05) is 37.7 Å². The van der Waals surface area contributed by atoms with E-state index >= 15 is 0 Å². The fourth-order valence-electron chi connectivity index (χ4n) is 2.47. The second kappa shape index (κ2) is 8.09. The number of amides is 2. The number of hydrogen-bond donors (Lipinski definition) is 2. The second-order valence-corrected chi connectivity index (χ2v) is 7.10. The lowest BCUT2D eigenvalue weighted by Gasteiger charge is -2.11. The third kappa shape index (κ3) is 4.26. The normalized spacial score (nSPS) is 11.0. The van der Waals surface area contributed by atoms with Crippen LogP contribution in [0.1, 0.15) is 24.4 Å². The van der Waals surface area contributed by atoms with E-state index in [0.717, 1.165) is 22.7 Å². The molecule has 0 unspecified atom stereocenters. The van der Waals surface area contributed by atoms with Gasteiger partial charge in [-0.2, -0.15) is 0 Å². The number of carbonyl (C=O) groups is 2. The van der Waals surface area contributed by atoms with Crippen LogP contribution in [0.3, 0.4) is 0 Å². The molecule has 3 aromatic rings. The lowest BCUT2D eigenvalue weighted by molar-refractivity contribution is -0.119. The summed E-state index contributed by atoms with van der Waals surface area (Å²) in [5.41, 5.74) is 6.66. The summed E-state index contributed by atoms with van der Waals surface area (Å²) in [7, 11) is 0. The lowest BCUT2D eigenvalue weighted by atomic mass is 10.2. The van der Waals surface area contributed by atoms with E-state index in [2.05, 4.69) is 34.3 Å². The van der Waals surface area contributed by atoms with Crippen molar-refractivity contribution in [2.45, 2.75) is 25.5 Å². The Labute approximate surface area is 155 Å². The average molecular weight is 372 g/mol. The zero-order valence-electron chi connectivity index (χ0n) is 14.6. The van der Waals surface area contributed by atoms with Crippen molar-refractivity contribution in [2.24, 2.45) is 5.92 Å². The number of fused-ring (bicyclic) bond motifs is 1. The maximum atomic E-state index is 12.0. The largest absolute Gasteiger partial charge is 0.459 e. The highest BCUT2D eigenvalue weighted by Gasteiger charge is 2.14. The van der Waals surface area contributed by atoms with Crippen molar-refractivity contribution in [1.82, 2.24) is 20.4 Å². The molecule has 0 aliphatic rings. The molecule has 0 aliphatic carbocycles. The molecule has 0 radical (unpaired) electrons. The molecule has 1 aromatic carbocycles. The highest BCUT2D eigenvalue weighted by Crippen LogP contribution is 2.25. The number of hydrazine groups is 1. The Hall–Kier alpha value is -2.74. The first-order valence-corrected chi connectivity index (χ1v) is 9.24. The van der Waals surface area contributed by atoms with Gasteiger partial charge in [0.2, 0.25) is 5.91 Å². The van der Waals surface area contributed by atoms with Gasteiger partial charge in [-0.05, 0) is 30.2 Å². The van der Waals surface area contributed by atoms with E-state index in [4.69, 9.17) is 4.42 Å². The quantitative estimate of drug-likeness (QED) is 0.513. The van der Waals surface area contributed by atoms with E-state index in [1.54, 1.807) is 6.07 Å². The number of carbonyl (C=O) groups excluding carboxylic acids is 2. The van der Waals surface area contributed by atoms with Crippen LogP contribution in [0.4, 0.5) is 0 Å². The van der Waals surface area contributed by atoms with Crippen LogP contribution >= 0.6 is 11.8 Å². The van der Waals surface area contributed by atoms with Crippen LogP contribution in [0.5, 0.6) is 0 Å². The number of rotatable bonds is 6. The molecule has 0 bridgehead atoms. The summed E-state index contributed by atoms with van der Waals surface area (Å²) in [6.07, 6.45) is 1.39. The fraction of sp³-hybridized carbons (Fsp3) is 0.278. The van der Waals surface area contributed by atoms with Gasteiger partial charge in [0.15, 0.2) is 10.9 Å². The van der Waals surface area contributed by atoms with Crippen molar-refractivity contribution in [1.29, 1.82) is 0 Å². The van der Waals surface area contributed by atoms with E-state index in [0.29, 0.717) is 5.92 Å². The molecule has 0 atom stereocenters. The molecule has 8 heteroatoms. The SMILES string of the molecule is CC(C)Cn1c(SCC(=O)NNC(=O)c2ccco2)nc2ccccc21. The Bertz CT molecular complexity index is 902. The molecule has 0 fully saturated rings. The number of benzene rings is 1. The molecule has 7 nitrogen and oxygen atoms in total. The lowest BCUT2D eigenvalue weighted by Crippen LogP contribution is -2.42. The maximum Gasteiger partial charge on any atom is 0.305 e. The van der Waals surface area contributed by atoms with Gasteiger partial charge >= 0.3 is 5.91 Å². The summed E-state index contributed by atoms with van der Waals surface area (Å²) in [6, 6.07) is 11.0. The third-order valence-corrected chi connectivity index (χ3v) is 4.54. The number of nitrogens with one attached hydrogen (secondary N) is 2. The van der Waals surface area contributed by atoms with Gasteiger partial charge in [-0.25, -0.2) is 4.98 Å². The van der Waals surface area contributed by atoms with Crippen LogP contribution in [0.25, 0.3) is 11.0 Å². The molecule has 2 amide bonds. The van der Waals surface area contributed by atoms with Crippen molar-refractivity contribution in [3.63, 3.8) is 0 Å². The molecule has 26 heavy (non-hydrogen) atoms. The van der Waals surface area contributed by atoms with Gasteiger partial charge in [-0.15, -0.1) is 0 Å². The van der Waals surface area contributed by atoms with Crippen molar-refractivity contribution >= 4 is 34.6 Å². The van der Waals surface area contributed by atoms with Gasteiger partial charge < -0.3 is 8.98 Å². The predicted octanol–water partition coefficient (Wildman–Crippen LogP) is 2.84. The standard InChI is InChI=1S/C18H20N4O3S/c1-12(2)10-22-14-7-4-3-6-13(14)19-18(22)26-11-16(23)20-21-17(24)15-8-5-9-25-15/h3-9,12H,10-11H2,1-2H3,(H,20,23)(H,21,24). The Kier molecular flexibility index (Phi) is 5.62. The molecule has 3 rings (SSSR count). The minimum Gasteiger partial charge on any atom is -0.459 e. The fourth-order valence-corrected chi connectivity index (χ4v) is 3.29. The number of hydrogen-bond acceptors (Lipinski definition) is 5. The van der Waals surface area contributed by atoms with Crippen molar-refractivity contribution < 1.29 is 14.0 Å². The average Bonchev–Trinajstić information content (AvgIpc) is 3.26. The molecule has 2 heterocycles. The van der Waals surface area contributed by atoms with Crippen molar-refractivity contribution in [2.75, 3.05) is 5.75 Å². The highest BCUT2D eigenvalue weighted by atomic mass is 32.2. The minimum atomic E-state index is -0.500. The summed E-state index contributed by atoms with van der Waals surface area (Å²) in [6.45, 7) is 5.10. The number of imidazole rings is 1. The number of thioether (sulfide) groups is 1. The minimum absolute atomic E-state index is 0.136. The summed E-state index contributed by atoms with van der Waals surface area (Å²) in [4.78, 5) is 28.4. The van der Waals surface area contributed by atoms with Gasteiger partial charge in [-0.3, -0.25) is 20.4 Å². The molecule has 0 saturated carbocycles. The van der Waals surface area contributed by atoms with E-state index in [-0.39, 0.29) is 17.4 Å². The third-order valence-electron chi connectivity index (χ3n) is 3.56. The van der Waals surface area contributed by atoms with Gasteiger partial charge in [0.25, 0.3) is 0 Å². The van der Waals surface area contributed by atoms with Gasteiger partial charge in [0.05, 0.1) is 23.0 Å². The van der Waals surface area contributed by atoms with E-state index in [1.165, 1.54) is 24.1 Å². The van der Waals surface area contributed by atoms with Crippen LogP contribution in [0.15, 0.2) is 52.2 Å². The van der Waals surface area contributed by atoms with Crippen LogP contribution in [-0.4, -0.2) is 27.1 Å². The van der Waals surface area contributed by atoms with E-state index in [1.807, 2.05) is 24.3 Å². The van der Waals surface area contributed by atoms with E-state index < -0.39 is 5.91 Å². The molecule has 2 aromatic heterocycles. The predicted molar refractivity (Wildman–Crippen MR) is 99.6 cm³/mol. The van der Waals surface area contributed by atoms with Gasteiger partial charge in [0, 0.05) is 6.54 Å². The molecule has 136 valence electrons. The Morgan fingerprint density at radius 2 is 2.00 bits per heavy atom. The molecular formula is C18H20N4O3S. The Balaban J connectivity index is 1.61.